The molecular formula is C24H26FN5OS. The molecule has 0 spiro atoms. The summed E-state index contributed by atoms with van der Waals surface area (Å²) in [5.41, 5.74) is 4.00. The van der Waals surface area contributed by atoms with Gasteiger partial charge in [-0.05, 0) is 61.4 Å². The van der Waals surface area contributed by atoms with E-state index in [1.165, 1.54) is 23.9 Å². The first-order chi connectivity index (χ1) is 15.5. The van der Waals surface area contributed by atoms with E-state index in [9.17, 15) is 9.18 Å². The highest BCUT2D eigenvalue weighted by Crippen LogP contribution is 2.23. The average Bonchev–Trinajstić information content (AvgIpc) is 2.81. The highest BCUT2D eigenvalue weighted by Gasteiger charge is 2.19. The number of anilines is 3. The molecule has 1 amide bonds. The van der Waals surface area contributed by atoms with E-state index in [0.29, 0.717) is 0 Å². The molecule has 0 radical (unpaired) electrons. The Balaban J connectivity index is 1.27. The lowest BCUT2D eigenvalue weighted by molar-refractivity contribution is -0.113. The minimum absolute atomic E-state index is 0.0600. The third-order valence-corrected chi connectivity index (χ3v) is 6.44. The Kier molecular flexibility index (Phi) is 6.90. The van der Waals surface area contributed by atoms with Crippen LogP contribution in [0, 0.1) is 19.7 Å². The molecule has 2 aromatic carbocycles. The minimum Gasteiger partial charge on any atom is -0.368 e. The number of aryl methyl sites for hydroxylation is 2. The number of aromatic nitrogens is 2. The van der Waals surface area contributed by atoms with Gasteiger partial charge in [-0.15, -0.1) is 10.2 Å². The van der Waals surface area contributed by atoms with Gasteiger partial charge >= 0.3 is 0 Å². The Bertz CT molecular complexity index is 1050. The van der Waals surface area contributed by atoms with Crippen LogP contribution in [0.15, 0.2) is 59.6 Å². The minimum atomic E-state index is -0.219. The summed E-state index contributed by atoms with van der Waals surface area (Å²) in [5.74, 6) is 0.824. The van der Waals surface area contributed by atoms with Crippen LogP contribution in [0.2, 0.25) is 0 Å². The van der Waals surface area contributed by atoms with Crippen LogP contribution in [-0.4, -0.2) is 48.0 Å². The second-order valence-electron chi connectivity index (χ2n) is 7.78. The smallest absolute Gasteiger partial charge is 0.234 e. The van der Waals surface area contributed by atoms with Gasteiger partial charge in [-0.2, -0.15) is 0 Å². The summed E-state index contributed by atoms with van der Waals surface area (Å²) in [6, 6.07) is 16.4. The van der Waals surface area contributed by atoms with Crippen molar-refractivity contribution in [3.05, 3.63) is 71.5 Å². The zero-order valence-corrected chi connectivity index (χ0v) is 19.0. The van der Waals surface area contributed by atoms with Crippen LogP contribution >= 0.6 is 11.8 Å². The fourth-order valence-corrected chi connectivity index (χ4v) is 4.34. The van der Waals surface area contributed by atoms with Gasteiger partial charge in [0.1, 0.15) is 10.8 Å². The molecule has 1 fully saturated rings. The fraction of sp³-hybridized carbons (Fsp3) is 0.292. The van der Waals surface area contributed by atoms with E-state index in [0.717, 1.165) is 59.5 Å². The van der Waals surface area contributed by atoms with Crippen molar-refractivity contribution < 1.29 is 9.18 Å². The summed E-state index contributed by atoms with van der Waals surface area (Å²) in [6.45, 7) is 7.27. The van der Waals surface area contributed by atoms with E-state index in [4.69, 9.17) is 0 Å². The molecule has 4 rings (SSSR count). The van der Waals surface area contributed by atoms with Crippen molar-refractivity contribution >= 4 is 34.9 Å². The second-order valence-corrected chi connectivity index (χ2v) is 8.78. The highest BCUT2D eigenvalue weighted by atomic mass is 32.2. The summed E-state index contributed by atoms with van der Waals surface area (Å²) >= 11 is 1.37. The van der Waals surface area contributed by atoms with Crippen molar-refractivity contribution in [3.63, 3.8) is 0 Å². The Hall–Kier alpha value is -3.13. The van der Waals surface area contributed by atoms with Gasteiger partial charge in [0.25, 0.3) is 0 Å². The van der Waals surface area contributed by atoms with Crippen LogP contribution in [0.1, 0.15) is 11.1 Å². The topological polar surface area (TPSA) is 61.4 Å². The molecule has 1 aromatic heterocycles. The van der Waals surface area contributed by atoms with Gasteiger partial charge in [0, 0.05) is 37.6 Å². The molecule has 8 heteroatoms. The van der Waals surface area contributed by atoms with Crippen molar-refractivity contribution in [1.82, 2.24) is 10.2 Å². The number of thioether (sulfide) groups is 1. The molecule has 1 N–H and O–H groups in total. The molecule has 2 heterocycles. The van der Waals surface area contributed by atoms with E-state index < -0.39 is 0 Å². The summed E-state index contributed by atoms with van der Waals surface area (Å²) in [7, 11) is 0. The lowest BCUT2D eigenvalue weighted by atomic mass is 10.1. The Labute approximate surface area is 191 Å². The van der Waals surface area contributed by atoms with Crippen LogP contribution in [0.25, 0.3) is 0 Å². The van der Waals surface area contributed by atoms with Gasteiger partial charge in [-0.25, -0.2) is 4.39 Å². The zero-order chi connectivity index (χ0) is 22.5. The molecule has 3 aromatic rings. The number of hydrogen-bond donors (Lipinski definition) is 1. The number of nitrogens with zero attached hydrogens (tertiary/aromatic N) is 4. The first-order valence-electron chi connectivity index (χ1n) is 10.6. The van der Waals surface area contributed by atoms with Crippen molar-refractivity contribution in [1.29, 1.82) is 0 Å². The third kappa shape index (κ3) is 5.37. The number of piperazine rings is 1. The molecule has 1 saturated heterocycles. The molecule has 0 atom stereocenters. The maximum atomic E-state index is 13.1. The Morgan fingerprint density at radius 1 is 0.938 bits per heavy atom. The number of carbonyl (C=O) groups is 1. The van der Waals surface area contributed by atoms with Crippen LogP contribution in [-0.2, 0) is 4.79 Å². The van der Waals surface area contributed by atoms with Gasteiger partial charge < -0.3 is 15.1 Å². The molecule has 0 unspecified atom stereocenters. The van der Waals surface area contributed by atoms with E-state index in [2.05, 4.69) is 25.3 Å². The molecule has 1 aliphatic heterocycles. The number of para-hydroxylation sites is 1. The second kappa shape index (κ2) is 9.99. The largest absolute Gasteiger partial charge is 0.368 e. The van der Waals surface area contributed by atoms with Gasteiger partial charge in [0.15, 0.2) is 5.82 Å². The molecular weight excluding hydrogens is 425 g/mol. The van der Waals surface area contributed by atoms with Gasteiger partial charge in [-0.3, -0.25) is 4.79 Å². The van der Waals surface area contributed by atoms with E-state index in [1.54, 1.807) is 0 Å². The Morgan fingerprint density at radius 3 is 2.22 bits per heavy atom. The lowest BCUT2D eigenvalue weighted by Gasteiger charge is -2.36. The Morgan fingerprint density at radius 2 is 1.59 bits per heavy atom. The zero-order valence-electron chi connectivity index (χ0n) is 18.2. The molecule has 6 nitrogen and oxygen atoms in total. The van der Waals surface area contributed by atoms with E-state index in [-0.39, 0.29) is 17.5 Å². The summed E-state index contributed by atoms with van der Waals surface area (Å²) < 4.78 is 13.1. The van der Waals surface area contributed by atoms with Crippen molar-refractivity contribution in [2.75, 3.05) is 47.0 Å². The number of rotatable bonds is 6. The van der Waals surface area contributed by atoms with Crippen LogP contribution in [0.4, 0.5) is 21.6 Å². The molecule has 0 bridgehead atoms. The number of amides is 1. The van der Waals surface area contributed by atoms with Gasteiger partial charge in [-0.1, -0.05) is 30.0 Å². The quantitative estimate of drug-likeness (QED) is 0.564. The predicted molar refractivity (Wildman–Crippen MR) is 128 cm³/mol. The first-order valence-corrected chi connectivity index (χ1v) is 11.6. The molecule has 0 saturated carbocycles. The number of halogens is 1. The number of carbonyl (C=O) groups excluding carboxylic acids is 1. The first kappa shape index (κ1) is 22.1. The molecule has 166 valence electrons. The standard InChI is InChI=1S/C24H26FN5OS/c1-17-4-3-5-18(2)24(17)26-22(31)16-32-23-11-10-21(27-28-23)30-14-12-29(13-15-30)20-8-6-19(25)7-9-20/h3-11H,12-16H2,1-2H3,(H,26,31). The van der Waals surface area contributed by atoms with Crippen molar-refractivity contribution in [3.8, 4) is 0 Å². The van der Waals surface area contributed by atoms with Crippen molar-refractivity contribution in [2.24, 2.45) is 0 Å². The lowest BCUT2D eigenvalue weighted by Crippen LogP contribution is -2.46. The highest BCUT2D eigenvalue weighted by molar-refractivity contribution is 7.99. The van der Waals surface area contributed by atoms with Gasteiger partial charge in [0.05, 0.1) is 5.75 Å². The molecule has 32 heavy (non-hydrogen) atoms. The number of hydrogen-bond acceptors (Lipinski definition) is 6. The third-order valence-electron chi connectivity index (χ3n) is 5.52. The SMILES string of the molecule is Cc1cccc(C)c1NC(=O)CSc1ccc(N2CCN(c3ccc(F)cc3)CC2)nn1. The number of benzene rings is 2. The maximum Gasteiger partial charge on any atom is 0.234 e. The van der Waals surface area contributed by atoms with Crippen LogP contribution < -0.4 is 15.1 Å². The van der Waals surface area contributed by atoms with E-state index >= 15 is 0 Å². The predicted octanol–water partition coefficient (Wildman–Crippen LogP) is 4.29. The summed E-state index contributed by atoms with van der Waals surface area (Å²) in [4.78, 5) is 16.8. The monoisotopic (exact) mass is 451 g/mol. The molecule has 1 aliphatic rings. The van der Waals surface area contributed by atoms with Crippen LogP contribution in [0.5, 0.6) is 0 Å². The fourth-order valence-electron chi connectivity index (χ4n) is 3.73. The van der Waals surface area contributed by atoms with Gasteiger partial charge in [0.2, 0.25) is 5.91 Å². The van der Waals surface area contributed by atoms with E-state index in [1.807, 2.05) is 56.3 Å². The molecule has 0 aliphatic carbocycles. The summed E-state index contributed by atoms with van der Waals surface area (Å²) in [6.07, 6.45) is 0. The maximum absolute atomic E-state index is 13.1. The van der Waals surface area contributed by atoms with Crippen LogP contribution in [0.3, 0.4) is 0 Å². The summed E-state index contributed by atoms with van der Waals surface area (Å²) in [5, 5.41) is 12.4. The average molecular weight is 452 g/mol. The number of nitrogens with one attached hydrogen (secondary N) is 1. The van der Waals surface area contributed by atoms with Crippen molar-refractivity contribution in [2.45, 2.75) is 18.9 Å². The normalized spacial score (nSPS) is 13.8.